The molecule has 0 aliphatic carbocycles. The van der Waals surface area contributed by atoms with E-state index in [0.29, 0.717) is 0 Å². The third-order valence-corrected chi connectivity index (χ3v) is 2.23. The molecule has 0 fully saturated rings. The van der Waals surface area contributed by atoms with Gasteiger partial charge >= 0.3 is 0 Å². The van der Waals surface area contributed by atoms with Crippen molar-refractivity contribution in [2.24, 2.45) is 0 Å². The van der Waals surface area contributed by atoms with Gasteiger partial charge in [-0.1, -0.05) is 44.1 Å². The summed E-state index contributed by atoms with van der Waals surface area (Å²) in [6, 6.07) is 0. The Kier molecular flexibility index (Phi) is 12.0. The Morgan fingerprint density at radius 2 is 1.36 bits per heavy atom. The largest absolute Gasteiger partial charge is 0.0888 e. The Hall–Kier alpha value is -0.520. The van der Waals surface area contributed by atoms with Gasteiger partial charge in [-0.05, 0) is 45.4 Å². The molecule has 0 saturated carbocycles. The lowest BCUT2D eigenvalue weighted by atomic mass is 10.1. The Bertz CT molecular complexity index is 124. The molecule has 0 N–H and O–H groups in total. The van der Waals surface area contributed by atoms with Crippen molar-refractivity contribution < 1.29 is 0 Å². The maximum absolute atomic E-state index is 3.77. The van der Waals surface area contributed by atoms with Crippen molar-refractivity contribution in [1.82, 2.24) is 0 Å². The average molecular weight is 193 g/mol. The van der Waals surface area contributed by atoms with E-state index < -0.39 is 0 Å². The van der Waals surface area contributed by atoms with E-state index in [1.54, 1.807) is 0 Å². The summed E-state index contributed by atoms with van der Waals surface area (Å²) in [5.74, 6) is 0. The van der Waals surface area contributed by atoms with E-state index in [2.05, 4.69) is 38.2 Å². The van der Waals surface area contributed by atoms with Crippen LogP contribution in [-0.2, 0) is 0 Å². The summed E-state index contributed by atoms with van der Waals surface area (Å²) in [5.41, 5.74) is 0. The number of unbranched alkanes of at least 4 members (excludes halogenated alkanes) is 5. The summed E-state index contributed by atoms with van der Waals surface area (Å²) >= 11 is 0. The van der Waals surface area contributed by atoms with Crippen LogP contribution in [0.4, 0.5) is 0 Å². The molecular weight excluding hydrogens is 168 g/mol. The first-order valence-corrected chi connectivity index (χ1v) is 6.01. The summed E-state index contributed by atoms with van der Waals surface area (Å²) < 4.78 is 0. The second-order valence-electron chi connectivity index (χ2n) is 3.63. The monoisotopic (exact) mass is 193 g/mol. The quantitative estimate of drug-likeness (QED) is 0.354. The molecule has 14 heavy (non-hydrogen) atoms. The van der Waals surface area contributed by atoms with Crippen LogP contribution in [0.5, 0.6) is 0 Å². The van der Waals surface area contributed by atoms with E-state index in [4.69, 9.17) is 0 Å². The lowest BCUT2D eigenvalue weighted by molar-refractivity contribution is 0.651. The Morgan fingerprint density at radius 1 is 0.786 bits per heavy atom. The highest BCUT2D eigenvalue weighted by atomic mass is 13.9. The molecule has 0 bridgehead atoms. The van der Waals surface area contributed by atoms with E-state index in [-0.39, 0.29) is 0 Å². The molecule has 0 aromatic heterocycles. The molecule has 0 saturated heterocycles. The van der Waals surface area contributed by atoms with Crippen molar-refractivity contribution in [3.05, 3.63) is 31.2 Å². The maximum atomic E-state index is 3.77. The smallest absolute Gasteiger partial charge is 0.0351 e. The van der Waals surface area contributed by atoms with Crippen molar-refractivity contribution >= 4 is 0 Å². The molecule has 0 aliphatic heterocycles. The first kappa shape index (κ1) is 13.5. The van der Waals surface area contributed by atoms with Crippen molar-refractivity contribution in [1.29, 1.82) is 0 Å². The molecule has 0 spiro atoms. The topological polar surface area (TPSA) is 0 Å². The summed E-state index contributed by atoms with van der Waals surface area (Å²) in [7, 11) is 0. The second-order valence-corrected chi connectivity index (χ2v) is 3.63. The fraction of sp³-hybridized carbons (Fsp3) is 0.643. The molecule has 0 unspecified atom stereocenters. The number of hydrogen-bond donors (Lipinski definition) is 0. The minimum atomic E-state index is 0.932. The fourth-order valence-electron chi connectivity index (χ4n) is 1.40. The van der Waals surface area contributed by atoms with Crippen LogP contribution in [0, 0.1) is 6.92 Å². The number of allylic oxidation sites excluding steroid dienone is 4. The Labute approximate surface area is 90.1 Å². The molecule has 0 rings (SSSR count). The Morgan fingerprint density at radius 3 is 1.86 bits per heavy atom. The van der Waals surface area contributed by atoms with Crippen LogP contribution in [-0.4, -0.2) is 0 Å². The van der Waals surface area contributed by atoms with Gasteiger partial charge in [-0.2, -0.15) is 0 Å². The molecule has 0 atom stereocenters. The molecule has 0 aromatic rings. The molecular formula is C14H25. The predicted molar refractivity (Wildman–Crippen MR) is 66.2 cm³/mol. The van der Waals surface area contributed by atoms with Crippen LogP contribution in [0.2, 0.25) is 0 Å². The van der Waals surface area contributed by atoms with Crippen LogP contribution < -0.4 is 0 Å². The van der Waals surface area contributed by atoms with Gasteiger partial charge in [-0.15, -0.1) is 0 Å². The molecule has 0 nitrogen and oxygen atoms in total. The lowest BCUT2D eigenvalue weighted by Gasteiger charge is -1.96. The SMILES string of the molecule is [CH2]C/C=C/CCCCCC/C=C\CC. The standard InChI is InChI=1S/C14H25/c1-3-5-7-9-11-13-14-12-10-8-6-4-2/h5-8H,1,3-4,9-14H2,2H3/b7-5+,8-6-. The van der Waals surface area contributed by atoms with Crippen LogP contribution in [0.15, 0.2) is 24.3 Å². The van der Waals surface area contributed by atoms with Crippen molar-refractivity contribution in [3.63, 3.8) is 0 Å². The molecule has 0 aromatic carbocycles. The van der Waals surface area contributed by atoms with E-state index >= 15 is 0 Å². The molecule has 0 heterocycles. The van der Waals surface area contributed by atoms with E-state index in [9.17, 15) is 0 Å². The van der Waals surface area contributed by atoms with E-state index in [0.717, 1.165) is 6.42 Å². The van der Waals surface area contributed by atoms with Crippen LogP contribution in [0.1, 0.15) is 58.3 Å². The zero-order valence-corrected chi connectivity index (χ0v) is 9.67. The third-order valence-electron chi connectivity index (χ3n) is 2.23. The third kappa shape index (κ3) is 11.5. The van der Waals surface area contributed by atoms with Crippen molar-refractivity contribution in [3.8, 4) is 0 Å². The van der Waals surface area contributed by atoms with Crippen LogP contribution in [0.25, 0.3) is 0 Å². The van der Waals surface area contributed by atoms with Gasteiger partial charge in [0, 0.05) is 0 Å². The zero-order chi connectivity index (χ0) is 10.5. The molecule has 0 heteroatoms. The van der Waals surface area contributed by atoms with Crippen molar-refractivity contribution in [2.75, 3.05) is 0 Å². The van der Waals surface area contributed by atoms with Gasteiger partial charge < -0.3 is 0 Å². The zero-order valence-electron chi connectivity index (χ0n) is 9.67. The molecule has 0 aliphatic rings. The summed E-state index contributed by atoms with van der Waals surface area (Å²) in [5, 5.41) is 0. The average Bonchev–Trinajstić information content (AvgIpc) is 2.21. The minimum Gasteiger partial charge on any atom is -0.0888 e. The van der Waals surface area contributed by atoms with E-state index in [1.165, 1.54) is 44.9 Å². The van der Waals surface area contributed by atoms with Gasteiger partial charge in [0.1, 0.15) is 0 Å². The summed E-state index contributed by atoms with van der Waals surface area (Å²) in [6.07, 6.45) is 19.0. The number of rotatable bonds is 9. The van der Waals surface area contributed by atoms with Gasteiger partial charge in [0.25, 0.3) is 0 Å². The van der Waals surface area contributed by atoms with Gasteiger partial charge in [0.05, 0.1) is 0 Å². The summed E-state index contributed by atoms with van der Waals surface area (Å²) in [4.78, 5) is 0. The normalized spacial score (nSPS) is 11.9. The lowest BCUT2D eigenvalue weighted by Crippen LogP contribution is -1.76. The number of hydrogen-bond acceptors (Lipinski definition) is 0. The molecule has 1 radical (unpaired) electrons. The summed E-state index contributed by atoms with van der Waals surface area (Å²) in [6.45, 7) is 5.95. The van der Waals surface area contributed by atoms with Gasteiger partial charge in [-0.3, -0.25) is 0 Å². The van der Waals surface area contributed by atoms with Gasteiger partial charge in [0.15, 0.2) is 0 Å². The minimum absolute atomic E-state index is 0.932. The first-order valence-electron chi connectivity index (χ1n) is 6.01. The van der Waals surface area contributed by atoms with Gasteiger partial charge in [-0.25, -0.2) is 0 Å². The molecule has 0 amide bonds. The maximum Gasteiger partial charge on any atom is -0.0351 e. The van der Waals surface area contributed by atoms with E-state index in [1.807, 2.05) is 0 Å². The highest BCUT2D eigenvalue weighted by Gasteiger charge is 1.86. The van der Waals surface area contributed by atoms with Crippen LogP contribution >= 0.6 is 0 Å². The van der Waals surface area contributed by atoms with Crippen molar-refractivity contribution in [2.45, 2.75) is 58.3 Å². The predicted octanol–water partition coefficient (Wildman–Crippen LogP) is 5.07. The van der Waals surface area contributed by atoms with Crippen LogP contribution in [0.3, 0.4) is 0 Å². The highest BCUT2D eigenvalue weighted by Crippen LogP contribution is 2.06. The van der Waals surface area contributed by atoms with Gasteiger partial charge in [0.2, 0.25) is 0 Å². The first-order chi connectivity index (χ1) is 6.91. The molecule has 81 valence electrons. The highest BCUT2D eigenvalue weighted by molar-refractivity contribution is 4.82. The Balaban J connectivity index is 2.99. The fourth-order valence-corrected chi connectivity index (χ4v) is 1.40. The second kappa shape index (κ2) is 12.5.